The monoisotopic (exact) mass is 664 g/mol. The first-order valence-corrected chi connectivity index (χ1v) is 17.8. The van der Waals surface area contributed by atoms with Gasteiger partial charge in [-0.15, -0.1) is 0 Å². The summed E-state index contributed by atoms with van der Waals surface area (Å²) in [6.45, 7) is 0. The second-order valence-corrected chi connectivity index (χ2v) is 13.1. The van der Waals surface area contributed by atoms with Crippen LogP contribution in [0.1, 0.15) is 11.1 Å². The third-order valence-electron chi connectivity index (χ3n) is 9.77. The van der Waals surface area contributed by atoms with E-state index in [1.54, 1.807) is 0 Å². The second-order valence-electron chi connectivity index (χ2n) is 13.1. The molecule has 9 aromatic rings. The molecule has 2 nitrogen and oxygen atoms in total. The highest BCUT2D eigenvalue weighted by atomic mass is 15.1. The predicted octanol–water partition coefficient (Wildman–Crippen LogP) is 14.3. The van der Waals surface area contributed by atoms with Crippen LogP contribution in [0.2, 0.25) is 0 Å². The molecule has 2 heteroatoms. The zero-order valence-corrected chi connectivity index (χ0v) is 28.7. The molecule has 0 fully saturated rings. The first-order valence-electron chi connectivity index (χ1n) is 17.8. The van der Waals surface area contributed by atoms with E-state index in [1.807, 2.05) is 0 Å². The summed E-state index contributed by atoms with van der Waals surface area (Å²) in [5.41, 5.74) is 9.16. The van der Waals surface area contributed by atoms with Crippen molar-refractivity contribution < 1.29 is 0 Å². The van der Waals surface area contributed by atoms with Gasteiger partial charge in [0.1, 0.15) is 0 Å². The normalized spacial score (nSPS) is 11.4. The van der Waals surface area contributed by atoms with Gasteiger partial charge in [-0.3, -0.25) is 0 Å². The van der Waals surface area contributed by atoms with Crippen molar-refractivity contribution in [2.24, 2.45) is 0 Å². The van der Waals surface area contributed by atoms with Gasteiger partial charge >= 0.3 is 0 Å². The fourth-order valence-electron chi connectivity index (χ4n) is 7.24. The minimum atomic E-state index is 1.12. The quantitative estimate of drug-likeness (QED) is 0.149. The van der Waals surface area contributed by atoms with Gasteiger partial charge < -0.3 is 9.80 Å². The average molecular weight is 665 g/mol. The molecule has 0 aliphatic carbocycles. The van der Waals surface area contributed by atoms with Crippen LogP contribution in [0.15, 0.2) is 206 Å². The molecule has 0 amide bonds. The summed E-state index contributed by atoms with van der Waals surface area (Å²) < 4.78 is 0. The van der Waals surface area contributed by atoms with E-state index in [4.69, 9.17) is 0 Å². The molecular weight excluding hydrogens is 629 g/mol. The largest absolute Gasteiger partial charge is 0.310 e. The van der Waals surface area contributed by atoms with Crippen LogP contribution in [0.25, 0.3) is 44.5 Å². The van der Waals surface area contributed by atoms with Gasteiger partial charge in [0.05, 0.1) is 11.4 Å². The lowest BCUT2D eigenvalue weighted by Crippen LogP contribution is -2.10. The average Bonchev–Trinajstić information content (AvgIpc) is 3.22. The summed E-state index contributed by atoms with van der Waals surface area (Å²) >= 11 is 0. The summed E-state index contributed by atoms with van der Waals surface area (Å²) in [5.74, 6) is 0. The van der Waals surface area contributed by atoms with Crippen LogP contribution in [0.5, 0.6) is 0 Å². The Morgan fingerprint density at radius 1 is 0.269 bits per heavy atom. The molecule has 246 valence electrons. The van der Waals surface area contributed by atoms with Gasteiger partial charge in [-0.1, -0.05) is 152 Å². The maximum Gasteiger partial charge on any atom is 0.0540 e. The Labute approximate surface area is 304 Å². The number of fused-ring (bicyclic) bond motifs is 3. The number of hydrogen-bond donors (Lipinski definition) is 0. The third-order valence-corrected chi connectivity index (χ3v) is 9.77. The molecular formula is C50H36N2. The van der Waals surface area contributed by atoms with E-state index in [9.17, 15) is 0 Å². The highest BCUT2D eigenvalue weighted by Crippen LogP contribution is 2.41. The van der Waals surface area contributed by atoms with Crippen molar-refractivity contribution in [3.8, 4) is 0 Å². The van der Waals surface area contributed by atoms with Crippen molar-refractivity contribution in [1.82, 2.24) is 0 Å². The molecule has 9 aromatic carbocycles. The lowest BCUT2D eigenvalue weighted by molar-refractivity contribution is 1.30. The van der Waals surface area contributed by atoms with Gasteiger partial charge in [0.2, 0.25) is 0 Å². The number of rotatable bonds is 8. The molecule has 0 heterocycles. The Balaban J connectivity index is 1.01. The van der Waals surface area contributed by atoms with E-state index in [0.717, 1.165) is 34.0 Å². The molecule has 0 saturated heterocycles. The first-order chi connectivity index (χ1) is 25.8. The number of hydrogen-bond acceptors (Lipinski definition) is 2. The summed E-state index contributed by atoms with van der Waals surface area (Å²) in [6.07, 6.45) is 4.40. The lowest BCUT2D eigenvalue weighted by Gasteiger charge is -2.27. The molecule has 0 bridgehead atoms. The van der Waals surface area contributed by atoms with Crippen LogP contribution in [0.3, 0.4) is 0 Å². The van der Waals surface area contributed by atoms with Crippen LogP contribution in [-0.2, 0) is 0 Å². The van der Waals surface area contributed by atoms with Crippen molar-refractivity contribution in [3.63, 3.8) is 0 Å². The molecule has 0 aliphatic rings. The van der Waals surface area contributed by atoms with Crippen molar-refractivity contribution in [3.05, 3.63) is 217 Å². The fraction of sp³-hybridized carbons (Fsp3) is 0. The summed E-state index contributed by atoms with van der Waals surface area (Å²) in [6, 6.07) is 73.8. The van der Waals surface area contributed by atoms with Gasteiger partial charge in [0, 0.05) is 33.5 Å². The Morgan fingerprint density at radius 3 is 1.31 bits per heavy atom. The Kier molecular flexibility index (Phi) is 8.24. The highest BCUT2D eigenvalue weighted by molar-refractivity contribution is 6.01. The van der Waals surface area contributed by atoms with Gasteiger partial charge in [-0.05, 0) is 99.4 Å². The molecule has 0 unspecified atom stereocenters. The van der Waals surface area contributed by atoms with Crippen LogP contribution < -0.4 is 9.80 Å². The molecule has 0 spiro atoms. The van der Waals surface area contributed by atoms with Crippen molar-refractivity contribution in [2.45, 2.75) is 0 Å². The standard InChI is InChI=1S/C50H36N2/c1-3-17-43(18-4-1)51(49-23-11-15-39-13-7-9-21-47(39)49)45-32-28-37(29-33-45)25-26-38-27-30-42-36-46(34-31-41(42)35-38)52(44-19-5-2-6-20-44)50-24-12-16-40-14-8-10-22-48(40)50/h1-36H. The molecule has 0 aliphatic heterocycles. The van der Waals surface area contributed by atoms with Crippen LogP contribution in [-0.4, -0.2) is 0 Å². The van der Waals surface area contributed by atoms with Gasteiger partial charge in [-0.25, -0.2) is 0 Å². The number of anilines is 6. The van der Waals surface area contributed by atoms with Crippen molar-refractivity contribution in [1.29, 1.82) is 0 Å². The first kappa shape index (κ1) is 31.1. The van der Waals surface area contributed by atoms with E-state index in [-0.39, 0.29) is 0 Å². The van der Waals surface area contributed by atoms with E-state index < -0.39 is 0 Å². The SMILES string of the molecule is C(=Cc1ccc2cc(N(c3ccccc3)c3cccc4ccccc34)ccc2c1)c1ccc(N(c2ccccc2)c2cccc3ccccc23)cc1. The minimum absolute atomic E-state index is 1.12. The van der Waals surface area contributed by atoms with Gasteiger partial charge in [0.25, 0.3) is 0 Å². The topological polar surface area (TPSA) is 6.48 Å². The maximum absolute atomic E-state index is 2.36. The van der Waals surface area contributed by atoms with Gasteiger partial charge in [0.15, 0.2) is 0 Å². The molecule has 0 atom stereocenters. The summed E-state index contributed by atoms with van der Waals surface area (Å²) in [5, 5.41) is 7.32. The Morgan fingerprint density at radius 2 is 0.692 bits per heavy atom. The molecule has 0 saturated carbocycles. The van der Waals surface area contributed by atoms with Crippen LogP contribution in [0, 0.1) is 0 Å². The van der Waals surface area contributed by atoms with E-state index in [2.05, 4.69) is 228 Å². The number of nitrogens with zero attached hydrogens (tertiary/aromatic N) is 2. The zero-order chi connectivity index (χ0) is 34.7. The van der Waals surface area contributed by atoms with Gasteiger partial charge in [-0.2, -0.15) is 0 Å². The van der Waals surface area contributed by atoms with Crippen molar-refractivity contribution >= 4 is 78.6 Å². The smallest absolute Gasteiger partial charge is 0.0540 e. The Bertz CT molecular complexity index is 2670. The predicted molar refractivity (Wildman–Crippen MR) is 224 cm³/mol. The van der Waals surface area contributed by atoms with E-state index >= 15 is 0 Å². The zero-order valence-electron chi connectivity index (χ0n) is 28.7. The number of benzene rings is 9. The third kappa shape index (κ3) is 6.08. The lowest BCUT2D eigenvalue weighted by atomic mass is 10.0. The molecule has 9 rings (SSSR count). The molecule has 0 radical (unpaired) electrons. The number of para-hydroxylation sites is 2. The molecule has 0 aromatic heterocycles. The van der Waals surface area contributed by atoms with Crippen molar-refractivity contribution in [2.75, 3.05) is 9.80 Å². The van der Waals surface area contributed by atoms with Crippen LogP contribution in [0.4, 0.5) is 34.1 Å². The Hall–Kier alpha value is -6.90. The minimum Gasteiger partial charge on any atom is -0.310 e. The fourth-order valence-corrected chi connectivity index (χ4v) is 7.24. The summed E-state index contributed by atoms with van der Waals surface area (Å²) in [7, 11) is 0. The summed E-state index contributed by atoms with van der Waals surface area (Å²) in [4.78, 5) is 4.70. The van der Waals surface area contributed by atoms with Crippen LogP contribution >= 0.6 is 0 Å². The van der Waals surface area contributed by atoms with E-state index in [0.29, 0.717) is 0 Å². The molecule has 52 heavy (non-hydrogen) atoms. The highest BCUT2D eigenvalue weighted by Gasteiger charge is 2.16. The van der Waals surface area contributed by atoms with E-state index in [1.165, 1.54) is 43.6 Å². The molecule has 0 N–H and O–H groups in total. The second kappa shape index (κ2) is 13.8. The maximum atomic E-state index is 2.36.